The van der Waals surface area contributed by atoms with Gasteiger partial charge in [0.15, 0.2) is 34.8 Å². The molecule has 1 aliphatic rings. The van der Waals surface area contributed by atoms with E-state index in [2.05, 4.69) is 0 Å². The molecule has 0 aliphatic heterocycles. The number of phenols is 1. The number of aromatic hydroxyl groups is 1. The molecule has 0 fully saturated rings. The van der Waals surface area contributed by atoms with E-state index in [0.29, 0.717) is 37.7 Å². The van der Waals surface area contributed by atoms with Gasteiger partial charge in [-0.1, -0.05) is 43.7 Å². The Labute approximate surface area is 216 Å². The first kappa shape index (κ1) is 27.7. The Bertz CT molecular complexity index is 1370. The average molecular weight is 537 g/mol. The Morgan fingerprint density at radius 3 is 2.11 bits per heavy atom. The topological polar surface area (TPSA) is 49.7 Å². The van der Waals surface area contributed by atoms with Crippen molar-refractivity contribution in [1.29, 1.82) is 0 Å². The second kappa shape index (κ2) is 11.6. The fraction of sp³-hybridized carbons (Fsp3) is 0.310. The molecule has 202 valence electrons. The Hall–Kier alpha value is -3.30. The smallest absolute Gasteiger partial charge is 0.200 e. The lowest BCUT2D eigenvalue weighted by Crippen LogP contribution is -2.17. The lowest BCUT2D eigenvalue weighted by atomic mass is 9.90. The van der Waals surface area contributed by atoms with Crippen LogP contribution in [0.1, 0.15) is 61.8 Å². The van der Waals surface area contributed by atoms with Crippen LogP contribution in [0.5, 0.6) is 5.75 Å². The monoisotopic (exact) mass is 536 g/mol. The van der Waals surface area contributed by atoms with Crippen molar-refractivity contribution < 1.29 is 41.3 Å². The van der Waals surface area contributed by atoms with Crippen molar-refractivity contribution in [3.8, 4) is 16.9 Å². The lowest BCUT2D eigenvalue weighted by Gasteiger charge is -2.23. The van der Waals surface area contributed by atoms with Crippen LogP contribution in [0.4, 0.5) is 26.3 Å². The summed E-state index contributed by atoms with van der Waals surface area (Å²) in [6, 6.07) is 6.95. The number of aliphatic hydroxyl groups excluding tert-OH is 1. The first-order valence-corrected chi connectivity index (χ1v) is 12.2. The number of allylic oxidation sites excluding steroid dienone is 1. The van der Waals surface area contributed by atoms with Gasteiger partial charge in [-0.3, -0.25) is 0 Å². The van der Waals surface area contributed by atoms with Crippen LogP contribution < -0.4 is 0 Å². The summed E-state index contributed by atoms with van der Waals surface area (Å²) in [5.74, 6) is -8.74. The van der Waals surface area contributed by atoms with Crippen LogP contribution in [0.25, 0.3) is 16.7 Å². The van der Waals surface area contributed by atoms with Gasteiger partial charge in [-0.15, -0.1) is 0 Å². The van der Waals surface area contributed by atoms with Crippen molar-refractivity contribution in [3.63, 3.8) is 0 Å². The fourth-order valence-electron chi connectivity index (χ4n) is 4.57. The zero-order valence-corrected chi connectivity index (χ0v) is 20.5. The molecule has 2 unspecified atom stereocenters. The largest absolute Gasteiger partial charge is 0.505 e. The van der Waals surface area contributed by atoms with Crippen molar-refractivity contribution in [1.82, 2.24) is 0 Å². The molecule has 9 heteroatoms. The zero-order chi connectivity index (χ0) is 27.6. The van der Waals surface area contributed by atoms with Gasteiger partial charge in [0.05, 0.1) is 18.8 Å². The van der Waals surface area contributed by atoms with Gasteiger partial charge < -0.3 is 14.9 Å². The standard InChI is InChI=1S/C29H26F6O3/c1-2-3-22(36)21-9-6-16(24(30)28(21)34)14-38-17-7-4-15(5-8-17)18-10-11-19(26(32)25(18)31)20-12-13-23(37)29(35)27(20)33/h4,6,9-13,17,22,36-37H,2-3,5,7-8,14H2,1H3. The summed E-state index contributed by atoms with van der Waals surface area (Å²) < 4.78 is 92.2. The minimum Gasteiger partial charge on any atom is -0.505 e. The highest BCUT2D eigenvalue weighted by molar-refractivity contribution is 5.72. The molecule has 0 bridgehead atoms. The molecule has 38 heavy (non-hydrogen) atoms. The van der Waals surface area contributed by atoms with E-state index < -0.39 is 57.9 Å². The number of benzene rings is 3. The number of rotatable bonds is 8. The van der Waals surface area contributed by atoms with E-state index in [0.717, 1.165) is 18.2 Å². The van der Waals surface area contributed by atoms with Crippen LogP contribution in [0.2, 0.25) is 0 Å². The molecule has 0 saturated heterocycles. The number of hydrogen-bond donors (Lipinski definition) is 2. The van der Waals surface area contributed by atoms with Gasteiger partial charge in [0.1, 0.15) is 0 Å². The maximum absolute atomic E-state index is 14.9. The predicted octanol–water partition coefficient (Wildman–Crippen LogP) is 7.88. The highest BCUT2D eigenvalue weighted by Gasteiger charge is 2.25. The van der Waals surface area contributed by atoms with Gasteiger partial charge in [-0.05, 0) is 43.4 Å². The molecule has 0 saturated carbocycles. The molecule has 0 spiro atoms. The van der Waals surface area contributed by atoms with Crippen LogP contribution in [-0.4, -0.2) is 16.3 Å². The van der Waals surface area contributed by atoms with E-state index in [1.165, 1.54) is 18.2 Å². The fourth-order valence-corrected chi connectivity index (χ4v) is 4.57. The molecule has 3 aromatic carbocycles. The van der Waals surface area contributed by atoms with Crippen molar-refractivity contribution in [2.45, 2.75) is 57.8 Å². The van der Waals surface area contributed by atoms with Gasteiger partial charge in [0, 0.05) is 27.8 Å². The maximum Gasteiger partial charge on any atom is 0.200 e. The summed E-state index contributed by atoms with van der Waals surface area (Å²) in [6.07, 6.45) is 2.15. The third kappa shape index (κ3) is 5.44. The van der Waals surface area contributed by atoms with Gasteiger partial charge in [0.2, 0.25) is 5.82 Å². The maximum atomic E-state index is 14.9. The van der Waals surface area contributed by atoms with Crippen molar-refractivity contribution in [2.75, 3.05) is 0 Å². The minimum absolute atomic E-state index is 0.00586. The Balaban J connectivity index is 1.45. The molecule has 2 N–H and O–H groups in total. The van der Waals surface area contributed by atoms with E-state index >= 15 is 0 Å². The molecule has 0 aromatic heterocycles. The van der Waals surface area contributed by atoms with Gasteiger partial charge in [-0.25, -0.2) is 22.0 Å². The lowest BCUT2D eigenvalue weighted by molar-refractivity contribution is 0.0341. The summed E-state index contributed by atoms with van der Waals surface area (Å²) in [4.78, 5) is 0. The number of aliphatic hydroxyl groups is 1. The average Bonchev–Trinajstić information content (AvgIpc) is 2.91. The first-order chi connectivity index (χ1) is 18.1. The van der Waals surface area contributed by atoms with E-state index in [-0.39, 0.29) is 29.4 Å². The van der Waals surface area contributed by atoms with E-state index in [1.54, 1.807) is 6.08 Å². The summed E-state index contributed by atoms with van der Waals surface area (Å²) in [5.41, 5.74) is -0.632. The molecule has 4 rings (SSSR count). The predicted molar refractivity (Wildman–Crippen MR) is 130 cm³/mol. The van der Waals surface area contributed by atoms with E-state index in [4.69, 9.17) is 4.74 Å². The van der Waals surface area contributed by atoms with Crippen LogP contribution in [0.3, 0.4) is 0 Å². The van der Waals surface area contributed by atoms with E-state index in [1.807, 2.05) is 6.92 Å². The number of ether oxygens (including phenoxy) is 1. The molecular formula is C29H26F6O3. The van der Waals surface area contributed by atoms with Crippen molar-refractivity contribution in [2.24, 2.45) is 0 Å². The number of hydrogen-bond acceptors (Lipinski definition) is 3. The summed E-state index contributed by atoms with van der Waals surface area (Å²) >= 11 is 0. The third-order valence-corrected chi connectivity index (χ3v) is 6.73. The second-order valence-electron chi connectivity index (χ2n) is 9.23. The van der Waals surface area contributed by atoms with Crippen LogP contribution >= 0.6 is 0 Å². The molecule has 1 aliphatic carbocycles. The molecule has 2 atom stereocenters. The molecular weight excluding hydrogens is 510 g/mol. The molecule has 3 aromatic rings. The third-order valence-electron chi connectivity index (χ3n) is 6.73. The molecule has 0 amide bonds. The van der Waals surface area contributed by atoms with Crippen LogP contribution in [-0.2, 0) is 11.3 Å². The van der Waals surface area contributed by atoms with Crippen molar-refractivity contribution >= 4 is 5.57 Å². The van der Waals surface area contributed by atoms with Gasteiger partial charge in [-0.2, -0.15) is 4.39 Å². The Morgan fingerprint density at radius 2 is 1.45 bits per heavy atom. The first-order valence-electron chi connectivity index (χ1n) is 12.2. The van der Waals surface area contributed by atoms with Crippen LogP contribution in [0.15, 0.2) is 42.5 Å². The summed E-state index contributed by atoms with van der Waals surface area (Å²) in [7, 11) is 0. The Morgan fingerprint density at radius 1 is 0.816 bits per heavy atom. The molecule has 0 heterocycles. The summed E-state index contributed by atoms with van der Waals surface area (Å²) in [6.45, 7) is 1.62. The quantitative estimate of drug-likeness (QED) is 0.288. The minimum atomic E-state index is -1.56. The van der Waals surface area contributed by atoms with Crippen molar-refractivity contribution in [3.05, 3.63) is 94.1 Å². The zero-order valence-electron chi connectivity index (χ0n) is 20.5. The second-order valence-corrected chi connectivity index (χ2v) is 9.23. The Kier molecular flexibility index (Phi) is 8.47. The highest BCUT2D eigenvalue weighted by atomic mass is 19.2. The molecule has 0 radical (unpaired) electrons. The highest BCUT2D eigenvalue weighted by Crippen LogP contribution is 2.36. The molecule has 3 nitrogen and oxygen atoms in total. The summed E-state index contributed by atoms with van der Waals surface area (Å²) in [5, 5.41) is 19.2. The SMILES string of the molecule is CCCC(O)c1ccc(COC2CC=C(c3ccc(-c4ccc(O)c(F)c4F)c(F)c3F)CC2)c(F)c1F. The number of phenolic OH excluding ortho intramolecular Hbond substituents is 1. The van der Waals surface area contributed by atoms with Crippen LogP contribution in [0, 0.1) is 34.9 Å². The van der Waals surface area contributed by atoms with E-state index in [9.17, 15) is 36.6 Å². The van der Waals surface area contributed by atoms with Gasteiger partial charge >= 0.3 is 0 Å². The van der Waals surface area contributed by atoms with Gasteiger partial charge in [0.25, 0.3) is 0 Å². The number of halogens is 6. The normalized spacial score (nSPS) is 16.4.